The van der Waals surface area contributed by atoms with E-state index in [2.05, 4.69) is 5.10 Å². The highest BCUT2D eigenvalue weighted by Crippen LogP contribution is 2.10. The predicted octanol–water partition coefficient (Wildman–Crippen LogP) is 1.14. The van der Waals surface area contributed by atoms with Gasteiger partial charge in [-0.2, -0.15) is 10.4 Å². The molecular weight excluding hydrogens is 166 g/mol. The van der Waals surface area contributed by atoms with Crippen LogP contribution in [0.15, 0.2) is 30.8 Å². The van der Waals surface area contributed by atoms with E-state index in [1.807, 2.05) is 12.1 Å². The van der Waals surface area contributed by atoms with Gasteiger partial charge in [-0.1, -0.05) is 0 Å². The molecule has 2 heterocycles. The molecule has 1 aliphatic heterocycles. The normalized spacial score (nSPS) is 14.5. The highest BCUT2D eigenvalue weighted by Gasteiger charge is 2.02. The molecule has 1 aliphatic rings. The van der Waals surface area contributed by atoms with E-state index in [-0.39, 0.29) is 0 Å². The average Bonchev–Trinajstić information content (AvgIpc) is 2.67. The Kier molecular flexibility index (Phi) is 1.85. The maximum Gasteiger partial charge on any atom is 0.108 e. The van der Waals surface area contributed by atoms with E-state index in [9.17, 15) is 0 Å². The molecule has 13 heavy (non-hydrogen) atoms. The van der Waals surface area contributed by atoms with Crippen molar-refractivity contribution in [1.82, 2.24) is 9.78 Å². The summed E-state index contributed by atoms with van der Waals surface area (Å²) >= 11 is 0. The van der Waals surface area contributed by atoms with Crippen molar-refractivity contribution in [1.29, 1.82) is 5.26 Å². The molecule has 0 aliphatic carbocycles. The lowest BCUT2D eigenvalue weighted by molar-refractivity contribution is 0.286. The summed E-state index contributed by atoms with van der Waals surface area (Å²) in [4.78, 5) is 0. The minimum atomic E-state index is 0.549. The van der Waals surface area contributed by atoms with Gasteiger partial charge in [0.15, 0.2) is 0 Å². The Bertz CT molecular complexity index is 409. The second kappa shape index (κ2) is 3.15. The number of aromatic nitrogens is 2. The van der Waals surface area contributed by atoms with E-state index in [0.717, 1.165) is 5.70 Å². The van der Waals surface area contributed by atoms with E-state index in [4.69, 9.17) is 10.00 Å². The fraction of sp³-hybridized carbons (Fsp3) is 0.111. The van der Waals surface area contributed by atoms with Crippen LogP contribution in [-0.4, -0.2) is 16.4 Å². The Morgan fingerprint density at radius 2 is 2.54 bits per heavy atom. The molecule has 0 saturated carbocycles. The molecule has 0 fully saturated rings. The van der Waals surface area contributed by atoms with Crippen molar-refractivity contribution < 1.29 is 4.74 Å². The van der Waals surface area contributed by atoms with Crippen molar-refractivity contribution >= 4 is 5.70 Å². The SMILES string of the molecule is N#Cc1cnn(C2=CCOC=C2)c1. The molecule has 0 aromatic carbocycles. The Hall–Kier alpha value is -2.02. The number of rotatable bonds is 1. The van der Waals surface area contributed by atoms with Crippen molar-refractivity contribution in [2.75, 3.05) is 6.61 Å². The van der Waals surface area contributed by atoms with Gasteiger partial charge in [0.25, 0.3) is 0 Å². The van der Waals surface area contributed by atoms with Crippen molar-refractivity contribution in [3.05, 3.63) is 36.4 Å². The van der Waals surface area contributed by atoms with Crippen LogP contribution < -0.4 is 0 Å². The molecule has 0 atom stereocenters. The maximum absolute atomic E-state index is 8.58. The third-order valence-electron chi connectivity index (χ3n) is 1.70. The van der Waals surface area contributed by atoms with E-state index in [1.165, 1.54) is 6.20 Å². The Morgan fingerprint density at radius 1 is 1.62 bits per heavy atom. The van der Waals surface area contributed by atoms with Crippen LogP contribution in [0, 0.1) is 11.3 Å². The fourth-order valence-corrected chi connectivity index (χ4v) is 1.07. The zero-order chi connectivity index (χ0) is 9.10. The Morgan fingerprint density at radius 3 is 3.15 bits per heavy atom. The Labute approximate surface area is 75.3 Å². The van der Waals surface area contributed by atoms with Crippen molar-refractivity contribution in [2.24, 2.45) is 0 Å². The predicted molar refractivity (Wildman–Crippen MR) is 46.3 cm³/mol. The average molecular weight is 173 g/mol. The minimum absolute atomic E-state index is 0.549. The van der Waals surface area contributed by atoms with E-state index in [1.54, 1.807) is 23.2 Å². The number of hydrogen-bond donors (Lipinski definition) is 0. The smallest absolute Gasteiger partial charge is 0.108 e. The summed E-state index contributed by atoms with van der Waals surface area (Å²) in [6.45, 7) is 0.549. The van der Waals surface area contributed by atoms with Gasteiger partial charge in [-0.15, -0.1) is 0 Å². The van der Waals surface area contributed by atoms with Gasteiger partial charge >= 0.3 is 0 Å². The van der Waals surface area contributed by atoms with Gasteiger partial charge in [-0.05, 0) is 12.2 Å². The molecular formula is C9H7N3O. The second-order valence-electron chi connectivity index (χ2n) is 2.55. The zero-order valence-electron chi connectivity index (χ0n) is 6.84. The molecule has 0 N–H and O–H groups in total. The van der Waals surface area contributed by atoms with Crippen LogP contribution in [0.3, 0.4) is 0 Å². The van der Waals surface area contributed by atoms with Crippen molar-refractivity contribution in [3.8, 4) is 6.07 Å². The van der Waals surface area contributed by atoms with Crippen molar-refractivity contribution in [2.45, 2.75) is 0 Å². The van der Waals surface area contributed by atoms with Gasteiger partial charge in [0.05, 0.1) is 23.7 Å². The third-order valence-corrected chi connectivity index (χ3v) is 1.70. The highest BCUT2D eigenvalue weighted by molar-refractivity contribution is 5.57. The van der Waals surface area contributed by atoms with Gasteiger partial charge in [0.2, 0.25) is 0 Å². The first kappa shape index (κ1) is 7.62. The van der Waals surface area contributed by atoms with Gasteiger partial charge in [-0.25, -0.2) is 4.68 Å². The first-order valence-electron chi connectivity index (χ1n) is 3.83. The van der Waals surface area contributed by atoms with E-state index >= 15 is 0 Å². The van der Waals surface area contributed by atoms with Crippen molar-refractivity contribution in [3.63, 3.8) is 0 Å². The van der Waals surface area contributed by atoms with Crippen LogP contribution in [0.5, 0.6) is 0 Å². The summed E-state index contributed by atoms with van der Waals surface area (Å²) in [5.41, 5.74) is 1.48. The molecule has 0 saturated heterocycles. The zero-order valence-corrected chi connectivity index (χ0v) is 6.84. The van der Waals surface area contributed by atoms with Crippen LogP contribution in [-0.2, 0) is 4.74 Å². The molecule has 1 aromatic rings. The fourth-order valence-electron chi connectivity index (χ4n) is 1.07. The largest absolute Gasteiger partial charge is 0.497 e. The molecule has 64 valence electrons. The highest BCUT2D eigenvalue weighted by atomic mass is 16.5. The molecule has 4 heteroatoms. The lowest BCUT2D eigenvalue weighted by Crippen LogP contribution is -2.00. The minimum Gasteiger partial charge on any atom is -0.497 e. The number of allylic oxidation sites excluding steroid dienone is 2. The third kappa shape index (κ3) is 1.44. The first-order valence-corrected chi connectivity index (χ1v) is 3.83. The molecule has 4 nitrogen and oxygen atoms in total. The van der Waals surface area contributed by atoms with Gasteiger partial charge in [0, 0.05) is 6.20 Å². The summed E-state index contributed by atoms with van der Waals surface area (Å²) in [6.07, 6.45) is 8.53. The number of hydrogen-bond acceptors (Lipinski definition) is 3. The van der Waals surface area contributed by atoms with Gasteiger partial charge in [0.1, 0.15) is 12.7 Å². The molecule has 0 radical (unpaired) electrons. The number of nitriles is 1. The molecule has 2 rings (SSSR count). The topological polar surface area (TPSA) is 50.8 Å². The second-order valence-corrected chi connectivity index (χ2v) is 2.55. The molecule has 0 amide bonds. The number of nitrogens with zero attached hydrogens (tertiary/aromatic N) is 3. The summed E-state index contributed by atoms with van der Waals surface area (Å²) < 4.78 is 6.64. The molecule has 1 aromatic heterocycles. The summed E-state index contributed by atoms with van der Waals surface area (Å²) in [6, 6.07) is 2.02. The molecule has 0 bridgehead atoms. The standard InChI is InChI=1S/C9H7N3O/c10-5-8-6-11-12(7-8)9-1-3-13-4-2-9/h1-3,6-7H,4H2. The Balaban J connectivity index is 2.31. The quantitative estimate of drug-likeness (QED) is 0.639. The van der Waals surface area contributed by atoms with Crippen LogP contribution in [0.1, 0.15) is 5.56 Å². The van der Waals surface area contributed by atoms with E-state index < -0.39 is 0 Å². The van der Waals surface area contributed by atoms with Gasteiger partial charge < -0.3 is 4.74 Å². The lowest BCUT2D eigenvalue weighted by atomic mass is 10.3. The monoisotopic (exact) mass is 173 g/mol. The lowest BCUT2D eigenvalue weighted by Gasteiger charge is -2.06. The van der Waals surface area contributed by atoms with Crippen LogP contribution in [0.2, 0.25) is 0 Å². The van der Waals surface area contributed by atoms with E-state index in [0.29, 0.717) is 12.2 Å². The molecule has 0 spiro atoms. The summed E-state index contributed by atoms with van der Waals surface area (Å²) in [7, 11) is 0. The molecule has 0 unspecified atom stereocenters. The summed E-state index contributed by atoms with van der Waals surface area (Å²) in [5.74, 6) is 0. The number of ether oxygens (including phenoxy) is 1. The summed E-state index contributed by atoms with van der Waals surface area (Å²) in [5, 5.41) is 12.6. The maximum atomic E-state index is 8.58. The van der Waals surface area contributed by atoms with Gasteiger partial charge in [-0.3, -0.25) is 0 Å². The van der Waals surface area contributed by atoms with Crippen LogP contribution in [0.25, 0.3) is 5.70 Å². The van der Waals surface area contributed by atoms with Crippen LogP contribution in [0.4, 0.5) is 0 Å². The first-order chi connectivity index (χ1) is 6.40. The van der Waals surface area contributed by atoms with Crippen LogP contribution >= 0.6 is 0 Å².